The van der Waals surface area contributed by atoms with Crippen molar-refractivity contribution < 1.29 is 9.90 Å². The molecule has 0 aliphatic carbocycles. The van der Waals surface area contributed by atoms with Gasteiger partial charge in [0.15, 0.2) is 0 Å². The largest absolute Gasteiger partial charge is 0.392 e. The summed E-state index contributed by atoms with van der Waals surface area (Å²) in [5, 5.41) is 9.17. The Morgan fingerprint density at radius 1 is 1.77 bits per heavy atom. The topological polar surface area (TPSA) is 66.6 Å². The smallest absolute Gasteiger partial charge is 0.221 e. The van der Waals surface area contributed by atoms with Crippen LogP contribution in [-0.2, 0) is 4.79 Å². The Labute approximate surface area is 78.7 Å². The summed E-state index contributed by atoms with van der Waals surface area (Å²) in [6, 6.07) is 0. The molecule has 1 unspecified atom stereocenters. The average Bonchev–Trinajstić information content (AvgIpc) is 2.03. The molecule has 4 heteroatoms. The number of amides is 1. The van der Waals surface area contributed by atoms with Crippen LogP contribution >= 0.6 is 0 Å². The molecule has 1 amide bonds. The van der Waals surface area contributed by atoms with Crippen LogP contribution in [0.2, 0.25) is 0 Å². The lowest BCUT2D eigenvalue weighted by atomic mass is 9.97. The molecular formula is C9H18N2O2. The van der Waals surface area contributed by atoms with Crippen LogP contribution in [0.15, 0.2) is 0 Å². The van der Waals surface area contributed by atoms with Gasteiger partial charge in [0.2, 0.25) is 5.91 Å². The fourth-order valence-electron chi connectivity index (χ4n) is 1.83. The van der Waals surface area contributed by atoms with E-state index in [4.69, 9.17) is 5.73 Å². The Bertz CT molecular complexity index is 182. The summed E-state index contributed by atoms with van der Waals surface area (Å²) in [6.07, 6.45) is 1.57. The molecule has 1 saturated heterocycles. The fourth-order valence-corrected chi connectivity index (χ4v) is 1.83. The molecule has 0 bridgehead atoms. The van der Waals surface area contributed by atoms with E-state index in [1.165, 1.54) is 0 Å². The zero-order chi connectivity index (χ0) is 9.84. The second-order valence-electron chi connectivity index (χ2n) is 3.85. The molecule has 2 atom stereocenters. The molecule has 0 spiro atoms. The van der Waals surface area contributed by atoms with Crippen LogP contribution < -0.4 is 5.73 Å². The minimum absolute atomic E-state index is 0.0208. The lowest BCUT2D eigenvalue weighted by Crippen LogP contribution is -2.43. The number of likely N-dealkylation sites (tertiary alicyclic amines) is 1. The first-order valence-electron chi connectivity index (χ1n) is 4.79. The summed E-state index contributed by atoms with van der Waals surface area (Å²) in [5.74, 6) is -0.234. The minimum atomic E-state index is -0.327. The van der Waals surface area contributed by atoms with Crippen LogP contribution in [-0.4, -0.2) is 41.7 Å². The van der Waals surface area contributed by atoms with Crippen LogP contribution in [0.1, 0.15) is 19.8 Å². The number of nitrogens with two attached hydrogens (primary N) is 1. The molecule has 1 fully saturated rings. The number of aliphatic hydroxyl groups is 1. The summed E-state index contributed by atoms with van der Waals surface area (Å²) in [6.45, 7) is 4.08. The summed E-state index contributed by atoms with van der Waals surface area (Å²) in [4.78, 5) is 13.0. The van der Waals surface area contributed by atoms with Crippen molar-refractivity contribution in [1.82, 2.24) is 4.90 Å². The van der Waals surface area contributed by atoms with Crippen LogP contribution in [0, 0.1) is 5.92 Å². The average molecular weight is 186 g/mol. The van der Waals surface area contributed by atoms with E-state index in [1.807, 2.05) is 0 Å². The zero-order valence-electron chi connectivity index (χ0n) is 8.07. The Morgan fingerprint density at radius 3 is 3.00 bits per heavy atom. The third-order valence-corrected chi connectivity index (χ3v) is 2.43. The predicted molar refractivity (Wildman–Crippen MR) is 50.0 cm³/mol. The SMILES string of the molecule is C[C@H](O)CN1CCCC(C(N)=O)C1. The number of nitrogens with zero attached hydrogens (tertiary/aromatic N) is 1. The van der Waals surface area contributed by atoms with E-state index < -0.39 is 0 Å². The van der Waals surface area contributed by atoms with Gasteiger partial charge in [-0.25, -0.2) is 0 Å². The zero-order valence-corrected chi connectivity index (χ0v) is 8.07. The molecule has 3 N–H and O–H groups in total. The summed E-state index contributed by atoms with van der Waals surface area (Å²) in [5.41, 5.74) is 5.23. The molecule has 0 saturated carbocycles. The Morgan fingerprint density at radius 2 is 2.46 bits per heavy atom. The van der Waals surface area contributed by atoms with Crippen molar-refractivity contribution in [3.8, 4) is 0 Å². The normalized spacial score (nSPS) is 27.1. The molecule has 0 radical (unpaired) electrons. The number of rotatable bonds is 3. The second kappa shape index (κ2) is 4.58. The van der Waals surface area contributed by atoms with Gasteiger partial charge in [-0.3, -0.25) is 9.69 Å². The van der Waals surface area contributed by atoms with Crippen LogP contribution in [0.25, 0.3) is 0 Å². The molecule has 1 heterocycles. The van der Waals surface area contributed by atoms with Gasteiger partial charge in [0.05, 0.1) is 12.0 Å². The molecule has 0 aromatic carbocycles. The number of hydrogen-bond donors (Lipinski definition) is 2. The highest BCUT2D eigenvalue weighted by atomic mass is 16.3. The van der Waals surface area contributed by atoms with Gasteiger partial charge in [-0.1, -0.05) is 0 Å². The molecule has 0 aromatic heterocycles. The van der Waals surface area contributed by atoms with Crippen LogP contribution in [0.5, 0.6) is 0 Å². The van der Waals surface area contributed by atoms with Gasteiger partial charge < -0.3 is 10.8 Å². The Hall–Kier alpha value is -0.610. The van der Waals surface area contributed by atoms with Crippen molar-refractivity contribution in [3.05, 3.63) is 0 Å². The van der Waals surface area contributed by atoms with Gasteiger partial charge in [-0.2, -0.15) is 0 Å². The fraction of sp³-hybridized carbons (Fsp3) is 0.889. The standard InChI is InChI=1S/C9H18N2O2/c1-7(12)5-11-4-2-3-8(6-11)9(10)13/h7-8,12H,2-6H2,1H3,(H2,10,13)/t7-,8?/m0/s1. The van der Waals surface area contributed by atoms with Gasteiger partial charge in [0.25, 0.3) is 0 Å². The summed E-state index contributed by atoms with van der Waals surface area (Å²) in [7, 11) is 0. The third-order valence-electron chi connectivity index (χ3n) is 2.43. The van der Waals surface area contributed by atoms with Gasteiger partial charge >= 0.3 is 0 Å². The number of β-amino-alcohol motifs (C(OH)–C–C–N with tert-alkyl or cyclic N) is 1. The molecule has 1 aliphatic rings. The van der Waals surface area contributed by atoms with Gasteiger partial charge in [0, 0.05) is 13.1 Å². The van der Waals surface area contributed by atoms with E-state index >= 15 is 0 Å². The number of aliphatic hydroxyl groups excluding tert-OH is 1. The molecular weight excluding hydrogens is 168 g/mol. The van der Waals surface area contributed by atoms with Gasteiger partial charge in [-0.15, -0.1) is 0 Å². The first-order valence-corrected chi connectivity index (χ1v) is 4.79. The van der Waals surface area contributed by atoms with Crippen molar-refractivity contribution in [2.45, 2.75) is 25.9 Å². The maximum Gasteiger partial charge on any atom is 0.221 e. The van der Waals surface area contributed by atoms with E-state index in [1.54, 1.807) is 6.92 Å². The first kappa shape index (κ1) is 10.5. The monoisotopic (exact) mass is 186 g/mol. The Balaban J connectivity index is 2.37. The number of piperidine rings is 1. The van der Waals surface area contributed by atoms with Crippen LogP contribution in [0.3, 0.4) is 0 Å². The lowest BCUT2D eigenvalue weighted by molar-refractivity contribution is -0.123. The van der Waals surface area contributed by atoms with Crippen molar-refractivity contribution >= 4 is 5.91 Å². The molecule has 0 aromatic rings. The molecule has 13 heavy (non-hydrogen) atoms. The van der Waals surface area contributed by atoms with E-state index in [-0.39, 0.29) is 17.9 Å². The number of carbonyl (C=O) groups is 1. The van der Waals surface area contributed by atoms with E-state index in [0.717, 1.165) is 19.4 Å². The minimum Gasteiger partial charge on any atom is -0.392 e. The van der Waals surface area contributed by atoms with Gasteiger partial charge in [-0.05, 0) is 26.3 Å². The first-order chi connectivity index (χ1) is 6.09. The van der Waals surface area contributed by atoms with Gasteiger partial charge in [0.1, 0.15) is 0 Å². The maximum absolute atomic E-state index is 10.9. The second-order valence-corrected chi connectivity index (χ2v) is 3.85. The molecule has 1 aliphatic heterocycles. The molecule has 76 valence electrons. The lowest BCUT2D eigenvalue weighted by Gasteiger charge is -2.31. The molecule has 1 rings (SSSR count). The third kappa shape index (κ3) is 3.32. The quantitative estimate of drug-likeness (QED) is 0.628. The van der Waals surface area contributed by atoms with E-state index in [2.05, 4.69) is 4.90 Å². The number of hydrogen-bond acceptors (Lipinski definition) is 3. The molecule has 4 nitrogen and oxygen atoms in total. The Kier molecular flexibility index (Phi) is 3.69. The number of primary amides is 1. The van der Waals surface area contributed by atoms with Crippen molar-refractivity contribution in [2.24, 2.45) is 11.7 Å². The van der Waals surface area contributed by atoms with Crippen molar-refractivity contribution in [2.75, 3.05) is 19.6 Å². The number of carbonyl (C=O) groups excluding carboxylic acids is 1. The highest BCUT2D eigenvalue weighted by molar-refractivity contribution is 5.76. The summed E-state index contributed by atoms with van der Waals surface area (Å²) < 4.78 is 0. The van der Waals surface area contributed by atoms with E-state index in [9.17, 15) is 9.90 Å². The summed E-state index contributed by atoms with van der Waals surface area (Å²) >= 11 is 0. The highest BCUT2D eigenvalue weighted by Crippen LogP contribution is 2.15. The predicted octanol–water partition coefficient (Wildman–Crippen LogP) is -0.435. The maximum atomic E-state index is 10.9. The van der Waals surface area contributed by atoms with Crippen LogP contribution in [0.4, 0.5) is 0 Å². The van der Waals surface area contributed by atoms with Crippen molar-refractivity contribution in [1.29, 1.82) is 0 Å². The van der Waals surface area contributed by atoms with Crippen molar-refractivity contribution in [3.63, 3.8) is 0 Å². The van der Waals surface area contributed by atoms with E-state index in [0.29, 0.717) is 13.1 Å². The highest BCUT2D eigenvalue weighted by Gasteiger charge is 2.24.